The third-order valence-electron chi connectivity index (χ3n) is 2.17. The maximum atomic E-state index is 3.55. The largest absolute Gasteiger partial charge is 0.308 e. The molecular formula is C14H27N. The van der Waals surface area contributed by atoms with Crippen LogP contribution in [0.2, 0.25) is 0 Å². The zero-order valence-electron chi connectivity index (χ0n) is 11.1. The molecule has 88 valence electrons. The molecular weight excluding hydrogens is 182 g/mol. The molecule has 0 aromatic carbocycles. The van der Waals surface area contributed by atoms with E-state index in [9.17, 15) is 0 Å². The Morgan fingerprint density at radius 1 is 0.800 bits per heavy atom. The van der Waals surface area contributed by atoms with Gasteiger partial charge >= 0.3 is 0 Å². The van der Waals surface area contributed by atoms with Crippen molar-refractivity contribution in [3.8, 4) is 0 Å². The van der Waals surface area contributed by atoms with Crippen LogP contribution in [0.15, 0.2) is 24.3 Å². The van der Waals surface area contributed by atoms with E-state index in [2.05, 4.69) is 71.2 Å². The number of nitrogens with one attached hydrogen (secondary N) is 1. The van der Waals surface area contributed by atoms with Crippen molar-refractivity contribution in [3.05, 3.63) is 24.3 Å². The average Bonchev–Trinajstić information content (AvgIpc) is 2.08. The SMILES string of the molecule is CC(C)/C=C\C=C/C(NC(C)C)C(C)C. The van der Waals surface area contributed by atoms with Gasteiger partial charge in [0.1, 0.15) is 0 Å². The molecule has 0 aromatic heterocycles. The Kier molecular flexibility index (Phi) is 7.41. The second-order valence-electron chi connectivity index (χ2n) is 5.10. The third kappa shape index (κ3) is 8.44. The molecule has 1 N–H and O–H groups in total. The summed E-state index contributed by atoms with van der Waals surface area (Å²) >= 11 is 0. The molecule has 0 rings (SSSR count). The Balaban J connectivity index is 4.16. The Morgan fingerprint density at radius 3 is 1.73 bits per heavy atom. The summed E-state index contributed by atoms with van der Waals surface area (Å²) in [6, 6.07) is 1.01. The summed E-state index contributed by atoms with van der Waals surface area (Å²) in [6.07, 6.45) is 8.76. The quantitative estimate of drug-likeness (QED) is 0.656. The summed E-state index contributed by atoms with van der Waals surface area (Å²) < 4.78 is 0. The van der Waals surface area contributed by atoms with Crippen LogP contribution < -0.4 is 5.32 Å². The van der Waals surface area contributed by atoms with Crippen molar-refractivity contribution in [2.75, 3.05) is 0 Å². The Labute approximate surface area is 95.7 Å². The summed E-state index contributed by atoms with van der Waals surface area (Å²) in [5, 5.41) is 3.55. The summed E-state index contributed by atoms with van der Waals surface area (Å²) in [6.45, 7) is 13.3. The molecule has 1 atom stereocenters. The summed E-state index contributed by atoms with van der Waals surface area (Å²) in [5.74, 6) is 1.27. The van der Waals surface area contributed by atoms with Gasteiger partial charge in [-0.15, -0.1) is 0 Å². The van der Waals surface area contributed by atoms with Gasteiger partial charge in [0.05, 0.1) is 0 Å². The lowest BCUT2D eigenvalue weighted by atomic mass is 10.0. The fourth-order valence-electron chi connectivity index (χ4n) is 1.33. The van der Waals surface area contributed by atoms with E-state index in [4.69, 9.17) is 0 Å². The molecule has 0 aliphatic heterocycles. The molecule has 0 saturated carbocycles. The van der Waals surface area contributed by atoms with Gasteiger partial charge in [-0.25, -0.2) is 0 Å². The van der Waals surface area contributed by atoms with Crippen LogP contribution in [0.4, 0.5) is 0 Å². The van der Waals surface area contributed by atoms with Crippen LogP contribution in [-0.2, 0) is 0 Å². The Hall–Kier alpha value is -0.560. The standard InChI is InChI=1S/C14H27N/c1-11(2)9-7-8-10-14(12(3)4)15-13(5)6/h7-15H,1-6H3/b9-7-,10-8-. The van der Waals surface area contributed by atoms with Gasteiger partial charge in [0, 0.05) is 12.1 Å². The molecule has 1 unspecified atom stereocenters. The van der Waals surface area contributed by atoms with Crippen LogP contribution in [0.5, 0.6) is 0 Å². The topological polar surface area (TPSA) is 12.0 Å². The Morgan fingerprint density at radius 2 is 1.33 bits per heavy atom. The molecule has 15 heavy (non-hydrogen) atoms. The number of allylic oxidation sites excluding steroid dienone is 3. The first-order valence-corrected chi connectivity index (χ1v) is 6.04. The normalized spacial score (nSPS) is 15.3. The zero-order chi connectivity index (χ0) is 11.8. The lowest BCUT2D eigenvalue weighted by Gasteiger charge is -2.21. The van der Waals surface area contributed by atoms with Gasteiger partial charge < -0.3 is 5.32 Å². The molecule has 0 saturated heterocycles. The molecule has 0 aliphatic rings. The summed E-state index contributed by atoms with van der Waals surface area (Å²) in [7, 11) is 0. The molecule has 0 bridgehead atoms. The summed E-state index contributed by atoms with van der Waals surface area (Å²) in [4.78, 5) is 0. The number of hydrogen-bond donors (Lipinski definition) is 1. The highest BCUT2D eigenvalue weighted by atomic mass is 14.9. The number of rotatable bonds is 6. The molecule has 0 fully saturated rings. The first-order valence-electron chi connectivity index (χ1n) is 6.04. The van der Waals surface area contributed by atoms with Crippen molar-refractivity contribution in [1.29, 1.82) is 0 Å². The van der Waals surface area contributed by atoms with E-state index in [0.29, 0.717) is 23.9 Å². The van der Waals surface area contributed by atoms with Gasteiger partial charge in [-0.3, -0.25) is 0 Å². The minimum atomic E-state index is 0.474. The second kappa shape index (κ2) is 7.70. The third-order valence-corrected chi connectivity index (χ3v) is 2.17. The average molecular weight is 209 g/mol. The Bertz CT molecular complexity index is 199. The van der Waals surface area contributed by atoms with E-state index >= 15 is 0 Å². The van der Waals surface area contributed by atoms with Crippen molar-refractivity contribution in [2.24, 2.45) is 11.8 Å². The van der Waals surface area contributed by atoms with Crippen molar-refractivity contribution >= 4 is 0 Å². The zero-order valence-corrected chi connectivity index (χ0v) is 11.1. The molecule has 0 heterocycles. The number of hydrogen-bond acceptors (Lipinski definition) is 1. The van der Waals surface area contributed by atoms with E-state index in [1.807, 2.05) is 0 Å². The lowest BCUT2D eigenvalue weighted by Crippen LogP contribution is -2.36. The van der Waals surface area contributed by atoms with Gasteiger partial charge in [0.25, 0.3) is 0 Å². The molecule has 1 heteroatoms. The maximum Gasteiger partial charge on any atom is 0.0278 e. The highest BCUT2D eigenvalue weighted by Crippen LogP contribution is 2.05. The highest BCUT2D eigenvalue weighted by molar-refractivity contribution is 5.07. The minimum absolute atomic E-state index is 0.474. The van der Waals surface area contributed by atoms with Gasteiger partial charge in [0.15, 0.2) is 0 Å². The second-order valence-corrected chi connectivity index (χ2v) is 5.10. The van der Waals surface area contributed by atoms with E-state index < -0.39 is 0 Å². The van der Waals surface area contributed by atoms with Crippen molar-refractivity contribution in [2.45, 2.75) is 53.6 Å². The maximum absolute atomic E-state index is 3.55. The van der Waals surface area contributed by atoms with E-state index in [-0.39, 0.29) is 0 Å². The van der Waals surface area contributed by atoms with Crippen LogP contribution in [0, 0.1) is 11.8 Å². The molecule has 0 spiro atoms. The van der Waals surface area contributed by atoms with Crippen molar-refractivity contribution in [3.63, 3.8) is 0 Å². The van der Waals surface area contributed by atoms with Crippen LogP contribution >= 0.6 is 0 Å². The van der Waals surface area contributed by atoms with E-state index in [1.165, 1.54) is 0 Å². The van der Waals surface area contributed by atoms with Gasteiger partial charge in [-0.05, 0) is 11.8 Å². The first kappa shape index (κ1) is 14.4. The van der Waals surface area contributed by atoms with Crippen molar-refractivity contribution in [1.82, 2.24) is 5.32 Å². The van der Waals surface area contributed by atoms with Crippen LogP contribution in [0.25, 0.3) is 0 Å². The van der Waals surface area contributed by atoms with Crippen LogP contribution in [0.1, 0.15) is 41.5 Å². The molecule has 0 aliphatic carbocycles. The molecule has 0 aromatic rings. The lowest BCUT2D eigenvalue weighted by molar-refractivity contribution is 0.428. The summed E-state index contributed by atoms with van der Waals surface area (Å²) in [5.41, 5.74) is 0. The smallest absolute Gasteiger partial charge is 0.0278 e. The fourth-order valence-corrected chi connectivity index (χ4v) is 1.33. The van der Waals surface area contributed by atoms with E-state index in [0.717, 1.165) is 0 Å². The molecule has 1 nitrogen and oxygen atoms in total. The first-order chi connectivity index (χ1) is 6.93. The molecule has 0 radical (unpaired) electrons. The van der Waals surface area contributed by atoms with Gasteiger partial charge in [-0.2, -0.15) is 0 Å². The van der Waals surface area contributed by atoms with Gasteiger partial charge in [0.2, 0.25) is 0 Å². The minimum Gasteiger partial charge on any atom is -0.308 e. The van der Waals surface area contributed by atoms with Crippen molar-refractivity contribution < 1.29 is 0 Å². The fraction of sp³-hybridized carbons (Fsp3) is 0.714. The molecule has 0 amide bonds. The monoisotopic (exact) mass is 209 g/mol. The van der Waals surface area contributed by atoms with Crippen LogP contribution in [-0.4, -0.2) is 12.1 Å². The highest BCUT2D eigenvalue weighted by Gasteiger charge is 2.09. The predicted molar refractivity (Wildman–Crippen MR) is 70.0 cm³/mol. The van der Waals surface area contributed by atoms with Crippen LogP contribution in [0.3, 0.4) is 0 Å². The van der Waals surface area contributed by atoms with E-state index in [1.54, 1.807) is 0 Å². The van der Waals surface area contributed by atoms with Gasteiger partial charge in [-0.1, -0.05) is 65.8 Å². The predicted octanol–water partition coefficient (Wildman–Crippen LogP) is 3.78.